The van der Waals surface area contributed by atoms with Crippen molar-refractivity contribution in [3.63, 3.8) is 0 Å². The minimum absolute atomic E-state index is 0.0428. The number of rotatable bonds is 6. The van der Waals surface area contributed by atoms with E-state index in [1.165, 1.54) is 0 Å². The Hall–Kier alpha value is -2.28. The summed E-state index contributed by atoms with van der Waals surface area (Å²) in [6, 6.07) is 3.50. The molecule has 1 aliphatic rings. The predicted octanol–water partition coefficient (Wildman–Crippen LogP) is 2.49. The Kier molecular flexibility index (Phi) is 6.25. The quantitative estimate of drug-likeness (QED) is 0.720. The lowest BCUT2D eigenvalue weighted by Gasteiger charge is -2.23. The first-order valence-electron chi connectivity index (χ1n) is 8.30. The van der Waals surface area contributed by atoms with Crippen molar-refractivity contribution in [2.45, 2.75) is 39.2 Å². The van der Waals surface area contributed by atoms with E-state index in [-0.39, 0.29) is 17.7 Å². The lowest BCUT2D eigenvalue weighted by atomic mass is 9.98. The maximum Gasteiger partial charge on any atom is 0.312 e. The molecule has 4 N–H and O–H groups in total. The fourth-order valence-corrected chi connectivity index (χ4v) is 3.06. The third-order valence-corrected chi connectivity index (χ3v) is 4.68. The Morgan fingerprint density at radius 1 is 1.40 bits per heavy atom. The molecule has 8 heteroatoms. The van der Waals surface area contributed by atoms with Gasteiger partial charge in [0.1, 0.15) is 6.04 Å². The number of primary amides is 1. The van der Waals surface area contributed by atoms with Crippen LogP contribution >= 0.6 is 11.6 Å². The standard InChI is InChI=1S/C17H23ClN4O3/c1-3-10(2)15(21-17(19)25)16(24)20-11-6-7-13(12(18)9-11)22-8-4-5-14(22)23/h6-7,9-10,15H,3-5,8H2,1-2H3,(H,20,24)(H3,19,21,25)/t10-,15-/m1/s1. The average molecular weight is 367 g/mol. The Labute approximate surface area is 151 Å². The van der Waals surface area contributed by atoms with E-state index in [1.54, 1.807) is 23.1 Å². The fraction of sp³-hybridized carbons (Fsp3) is 0.471. The number of benzene rings is 1. The third-order valence-electron chi connectivity index (χ3n) is 4.37. The molecular formula is C17H23ClN4O3. The van der Waals surface area contributed by atoms with Gasteiger partial charge in [-0.2, -0.15) is 0 Å². The molecule has 136 valence electrons. The van der Waals surface area contributed by atoms with Crippen molar-refractivity contribution in [1.29, 1.82) is 0 Å². The molecule has 0 aromatic heterocycles. The second kappa shape index (κ2) is 8.20. The SMILES string of the molecule is CC[C@@H](C)[C@@H](NC(N)=O)C(=O)Nc1ccc(N2CCCC2=O)c(Cl)c1. The van der Waals surface area contributed by atoms with Crippen LogP contribution in [0.3, 0.4) is 0 Å². The van der Waals surface area contributed by atoms with Crippen molar-refractivity contribution >= 4 is 40.8 Å². The smallest absolute Gasteiger partial charge is 0.312 e. The Balaban J connectivity index is 2.13. The summed E-state index contributed by atoms with van der Waals surface area (Å²) < 4.78 is 0. The topological polar surface area (TPSA) is 105 Å². The Bertz CT molecular complexity index is 680. The van der Waals surface area contributed by atoms with E-state index in [9.17, 15) is 14.4 Å². The number of hydrogen-bond acceptors (Lipinski definition) is 3. The highest BCUT2D eigenvalue weighted by Gasteiger charge is 2.26. The largest absolute Gasteiger partial charge is 0.352 e. The van der Waals surface area contributed by atoms with Crippen LogP contribution in [0.4, 0.5) is 16.2 Å². The van der Waals surface area contributed by atoms with E-state index in [1.807, 2.05) is 13.8 Å². The highest BCUT2D eigenvalue weighted by molar-refractivity contribution is 6.34. The van der Waals surface area contributed by atoms with Crippen LogP contribution in [0, 0.1) is 5.92 Å². The minimum atomic E-state index is -0.749. The minimum Gasteiger partial charge on any atom is -0.352 e. The molecule has 1 fully saturated rings. The maximum absolute atomic E-state index is 12.5. The third kappa shape index (κ3) is 4.63. The Morgan fingerprint density at radius 3 is 2.64 bits per heavy atom. The zero-order valence-corrected chi connectivity index (χ0v) is 15.1. The number of nitrogens with zero attached hydrogens (tertiary/aromatic N) is 1. The number of hydrogen-bond donors (Lipinski definition) is 3. The normalized spacial score (nSPS) is 16.4. The van der Waals surface area contributed by atoms with E-state index >= 15 is 0 Å². The number of urea groups is 1. The monoisotopic (exact) mass is 366 g/mol. The van der Waals surface area contributed by atoms with E-state index in [0.717, 1.165) is 6.42 Å². The second-order valence-electron chi connectivity index (χ2n) is 6.18. The number of carbonyl (C=O) groups excluding carboxylic acids is 3. The van der Waals surface area contributed by atoms with Crippen LogP contribution in [-0.4, -0.2) is 30.4 Å². The second-order valence-corrected chi connectivity index (χ2v) is 6.58. The molecule has 1 saturated heterocycles. The zero-order valence-electron chi connectivity index (χ0n) is 14.3. The van der Waals surface area contributed by atoms with Gasteiger partial charge in [-0.15, -0.1) is 0 Å². The first-order chi connectivity index (χ1) is 11.8. The number of carbonyl (C=O) groups is 3. The molecule has 0 radical (unpaired) electrons. The molecule has 0 unspecified atom stereocenters. The van der Waals surface area contributed by atoms with Gasteiger partial charge in [-0.05, 0) is 30.5 Å². The van der Waals surface area contributed by atoms with Gasteiger partial charge in [0.25, 0.3) is 0 Å². The number of amides is 4. The first kappa shape index (κ1) is 19.1. The highest BCUT2D eigenvalue weighted by atomic mass is 35.5. The maximum atomic E-state index is 12.5. The molecule has 4 amide bonds. The van der Waals surface area contributed by atoms with Gasteiger partial charge < -0.3 is 21.3 Å². The summed E-state index contributed by atoms with van der Waals surface area (Å²) in [5.74, 6) is -0.403. The number of anilines is 2. The van der Waals surface area contributed by atoms with Crippen molar-refractivity contribution in [3.05, 3.63) is 23.2 Å². The lowest BCUT2D eigenvalue weighted by Crippen LogP contribution is -2.49. The molecule has 0 bridgehead atoms. The van der Waals surface area contributed by atoms with Crippen molar-refractivity contribution in [1.82, 2.24) is 5.32 Å². The van der Waals surface area contributed by atoms with E-state index < -0.39 is 12.1 Å². The molecule has 25 heavy (non-hydrogen) atoms. The summed E-state index contributed by atoms with van der Waals surface area (Å²) in [4.78, 5) is 37.1. The molecule has 1 aromatic rings. The molecule has 0 saturated carbocycles. The summed E-state index contributed by atoms with van der Waals surface area (Å²) in [7, 11) is 0. The van der Waals surface area contributed by atoms with Crippen LogP contribution in [0.25, 0.3) is 0 Å². The van der Waals surface area contributed by atoms with Gasteiger partial charge in [0, 0.05) is 18.7 Å². The summed E-state index contributed by atoms with van der Waals surface area (Å²) in [5.41, 5.74) is 6.28. The molecule has 1 heterocycles. The summed E-state index contributed by atoms with van der Waals surface area (Å²) in [5, 5.41) is 5.59. The van der Waals surface area contributed by atoms with Crippen LogP contribution in [0.2, 0.25) is 5.02 Å². The van der Waals surface area contributed by atoms with Crippen LogP contribution in [0.1, 0.15) is 33.1 Å². The molecule has 0 aliphatic carbocycles. The summed E-state index contributed by atoms with van der Waals surface area (Å²) in [6.07, 6.45) is 2.03. The van der Waals surface area contributed by atoms with Crippen molar-refractivity contribution < 1.29 is 14.4 Å². The fourth-order valence-electron chi connectivity index (χ4n) is 2.78. The average Bonchev–Trinajstić information content (AvgIpc) is 2.97. The van der Waals surface area contributed by atoms with Crippen molar-refractivity contribution in [2.24, 2.45) is 11.7 Å². The van der Waals surface area contributed by atoms with E-state index in [2.05, 4.69) is 10.6 Å². The van der Waals surface area contributed by atoms with Gasteiger partial charge in [0.15, 0.2) is 0 Å². The molecule has 2 atom stereocenters. The number of halogens is 1. The van der Waals surface area contributed by atoms with Crippen LogP contribution in [0.15, 0.2) is 18.2 Å². The van der Waals surface area contributed by atoms with Gasteiger partial charge in [-0.25, -0.2) is 4.79 Å². The summed E-state index contributed by atoms with van der Waals surface area (Å²) in [6.45, 7) is 4.42. The van der Waals surface area contributed by atoms with Crippen molar-refractivity contribution in [2.75, 3.05) is 16.8 Å². The molecule has 0 spiro atoms. The van der Waals surface area contributed by atoms with Crippen LogP contribution < -0.4 is 21.3 Å². The molecule has 1 aromatic carbocycles. The number of nitrogens with one attached hydrogen (secondary N) is 2. The summed E-state index contributed by atoms with van der Waals surface area (Å²) >= 11 is 6.28. The van der Waals surface area contributed by atoms with E-state index in [4.69, 9.17) is 17.3 Å². The highest BCUT2D eigenvalue weighted by Crippen LogP contribution is 2.31. The first-order valence-corrected chi connectivity index (χ1v) is 8.68. The van der Waals surface area contributed by atoms with Gasteiger partial charge in [-0.1, -0.05) is 31.9 Å². The predicted molar refractivity (Wildman–Crippen MR) is 97.6 cm³/mol. The molecule has 2 rings (SSSR count). The van der Waals surface area contributed by atoms with Gasteiger partial charge >= 0.3 is 6.03 Å². The van der Waals surface area contributed by atoms with Gasteiger partial charge in [-0.3, -0.25) is 9.59 Å². The van der Waals surface area contributed by atoms with E-state index in [0.29, 0.717) is 35.8 Å². The van der Waals surface area contributed by atoms with Crippen molar-refractivity contribution in [3.8, 4) is 0 Å². The number of nitrogens with two attached hydrogens (primary N) is 1. The van der Waals surface area contributed by atoms with Crippen LogP contribution in [-0.2, 0) is 9.59 Å². The Morgan fingerprint density at radius 2 is 2.12 bits per heavy atom. The molecule has 1 aliphatic heterocycles. The van der Waals surface area contributed by atoms with Gasteiger partial charge in [0.05, 0.1) is 10.7 Å². The zero-order chi connectivity index (χ0) is 18.6. The van der Waals surface area contributed by atoms with Gasteiger partial charge in [0.2, 0.25) is 11.8 Å². The molecular weight excluding hydrogens is 344 g/mol. The lowest BCUT2D eigenvalue weighted by molar-refractivity contribution is -0.119. The van der Waals surface area contributed by atoms with Crippen LogP contribution in [0.5, 0.6) is 0 Å². The molecule has 7 nitrogen and oxygen atoms in total.